The van der Waals surface area contributed by atoms with E-state index in [1.807, 2.05) is 13.0 Å². The quantitative estimate of drug-likeness (QED) is 0.728. The molecule has 1 heterocycles. The topological polar surface area (TPSA) is 64.1 Å². The maximum absolute atomic E-state index is 11.9. The van der Waals surface area contributed by atoms with Crippen LogP contribution in [0, 0.1) is 0 Å². The van der Waals surface area contributed by atoms with Gasteiger partial charge in [0.15, 0.2) is 0 Å². The molecule has 124 valence electrons. The standard InChI is InChI=1S/C14H15Cl2N3O2S2/c1-2-21-6-13-18-19-14(23-13)17-12(20)8-22-7-9-3-4-10(15)11(16)5-9/h3-5H,2,6-8H2,1H3,(H,17,19,20). The molecule has 1 aromatic carbocycles. The van der Waals surface area contributed by atoms with Crippen LogP contribution in [-0.2, 0) is 21.9 Å². The summed E-state index contributed by atoms with van der Waals surface area (Å²) in [7, 11) is 0. The molecule has 0 aliphatic carbocycles. The molecule has 0 bridgehead atoms. The van der Waals surface area contributed by atoms with Crippen LogP contribution in [0.4, 0.5) is 5.13 Å². The zero-order valence-electron chi connectivity index (χ0n) is 12.3. The van der Waals surface area contributed by atoms with Gasteiger partial charge in [0.2, 0.25) is 11.0 Å². The van der Waals surface area contributed by atoms with Crippen molar-refractivity contribution in [1.82, 2.24) is 10.2 Å². The third-order valence-corrected chi connectivity index (χ3v) is 5.18. The van der Waals surface area contributed by atoms with Crippen molar-refractivity contribution in [3.8, 4) is 0 Å². The van der Waals surface area contributed by atoms with Crippen molar-refractivity contribution in [2.45, 2.75) is 19.3 Å². The largest absolute Gasteiger partial charge is 0.374 e. The highest BCUT2D eigenvalue weighted by Crippen LogP contribution is 2.24. The van der Waals surface area contributed by atoms with Gasteiger partial charge in [0.1, 0.15) is 11.6 Å². The number of hydrogen-bond acceptors (Lipinski definition) is 6. The first-order chi connectivity index (χ1) is 11.1. The van der Waals surface area contributed by atoms with Crippen molar-refractivity contribution in [3.05, 3.63) is 38.8 Å². The Morgan fingerprint density at radius 1 is 1.35 bits per heavy atom. The highest BCUT2D eigenvalue weighted by Gasteiger charge is 2.09. The monoisotopic (exact) mass is 391 g/mol. The number of carbonyl (C=O) groups is 1. The van der Waals surface area contributed by atoms with E-state index in [2.05, 4.69) is 15.5 Å². The van der Waals surface area contributed by atoms with Gasteiger partial charge >= 0.3 is 0 Å². The van der Waals surface area contributed by atoms with Crippen LogP contribution in [0.25, 0.3) is 0 Å². The number of ether oxygens (including phenoxy) is 1. The average Bonchev–Trinajstić information content (AvgIpc) is 2.96. The number of nitrogens with zero attached hydrogens (tertiary/aromatic N) is 2. The Morgan fingerprint density at radius 2 is 2.17 bits per heavy atom. The van der Waals surface area contributed by atoms with Gasteiger partial charge in [-0.1, -0.05) is 40.6 Å². The van der Waals surface area contributed by atoms with E-state index < -0.39 is 0 Å². The molecule has 2 rings (SSSR count). The van der Waals surface area contributed by atoms with Crippen molar-refractivity contribution < 1.29 is 9.53 Å². The third-order valence-electron chi connectivity index (χ3n) is 2.63. The Morgan fingerprint density at radius 3 is 2.91 bits per heavy atom. The van der Waals surface area contributed by atoms with Crippen LogP contribution in [0.3, 0.4) is 0 Å². The molecule has 9 heteroatoms. The number of carbonyl (C=O) groups excluding carboxylic acids is 1. The average molecular weight is 392 g/mol. The predicted octanol–water partition coefficient (Wildman–Crippen LogP) is 4.25. The van der Waals surface area contributed by atoms with Crippen LogP contribution in [0.1, 0.15) is 17.5 Å². The van der Waals surface area contributed by atoms with Gasteiger partial charge in [-0.15, -0.1) is 22.0 Å². The first-order valence-corrected chi connectivity index (χ1v) is 9.53. The minimum Gasteiger partial charge on any atom is -0.374 e. The molecule has 0 saturated heterocycles. The summed E-state index contributed by atoms with van der Waals surface area (Å²) in [5, 5.41) is 12.9. The van der Waals surface area contributed by atoms with E-state index in [0.29, 0.717) is 39.9 Å². The molecule has 0 atom stereocenters. The highest BCUT2D eigenvalue weighted by molar-refractivity contribution is 7.99. The summed E-state index contributed by atoms with van der Waals surface area (Å²) in [6.45, 7) is 2.94. The van der Waals surface area contributed by atoms with Crippen molar-refractivity contribution in [2.75, 3.05) is 17.7 Å². The molecular formula is C14H15Cl2N3O2S2. The maximum Gasteiger partial charge on any atom is 0.236 e. The van der Waals surface area contributed by atoms with E-state index in [1.165, 1.54) is 23.1 Å². The Labute approximate surface area is 152 Å². The smallest absolute Gasteiger partial charge is 0.236 e. The molecular weight excluding hydrogens is 377 g/mol. The molecule has 1 aromatic heterocycles. The number of thioether (sulfide) groups is 1. The molecule has 1 N–H and O–H groups in total. The van der Waals surface area contributed by atoms with Gasteiger partial charge in [-0.3, -0.25) is 10.1 Å². The number of anilines is 1. The molecule has 0 unspecified atom stereocenters. The summed E-state index contributed by atoms with van der Waals surface area (Å²) < 4.78 is 5.24. The molecule has 1 amide bonds. The minimum absolute atomic E-state index is 0.117. The fraction of sp³-hybridized carbons (Fsp3) is 0.357. The van der Waals surface area contributed by atoms with E-state index in [0.717, 1.165) is 10.6 Å². The van der Waals surface area contributed by atoms with E-state index in [4.69, 9.17) is 27.9 Å². The van der Waals surface area contributed by atoms with Crippen molar-refractivity contribution in [1.29, 1.82) is 0 Å². The molecule has 23 heavy (non-hydrogen) atoms. The summed E-state index contributed by atoms with van der Waals surface area (Å²) in [6, 6.07) is 5.45. The van der Waals surface area contributed by atoms with Crippen LogP contribution < -0.4 is 5.32 Å². The van der Waals surface area contributed by atoms with Crippen LogP contribution in [-0.4, -0.2) is 28.5 Å². The molecule has 0 radical (unpaired) electrons. The van der Waals surface area contributed by atoms with E-state index >= 15 is 0 Å². The van der Waals surface area contributed by atoms with Crippen LogP contribution in [0.2, 0.25) is 10.0 Å². The van der Waals surface area contributed by atoms with Gasteiger partial charge in [-0.2, -0.15) is 0 Å². The predicted molar refractivity (Wildman–Crippen MR) is 96.5 cm³/mol. The van der Waals surface area contributed by atoms with Gasteiger partial charge in [0.05, 0.1) is 15.8 Å². The van der Waals surface area contributed by atoms with E-state index in [1.54, 1.807) is 12.1 Å². The van der Waals surface area contributed by atoms with E-state index in [9.17, 15) is 4.79 Å². The second-order valence-corrected chi connectivity index (χ2v) is 7.29. The minimum atomic E-state index is -0.117. The fourth-order valence-electron chi connectivity index (χ4n) is 1.60. The zero-order valence-corrected chi connectivity index (χ0v) is 15.5. The highest BCUT2D eigenvalue weighted by atomic mass is 35.5. The third kappa shape index (κ3) is 6.27. The van der Waals surface area contributed by atoms with Crippen molar-refractivity contribution >= 4 is 57.3 Å². The Kier molecular flexibility index (Phi) is 7.58. The number of rotatable bonds is 8. The molecule has 0 aliphatic heterocycles. The summed E-state index contributed by atoms with van der Waals surface area (Å²) in [5.74, 6) is 0.880. The molecule has 5 nitrogen and oxygen atoms in total. The normalized spacial score (nSPS) is 10.7. The Hall–Kier alpha value is -0.860. The Bertz CT molecular complexity index is 667. The van der Waals surface area contributed by atoms with Gasteiger partial charge in [-0.25, -0.2) is 0 Å². The summed E-state index contributed by atoms with van der Waals surface area (Å²) >= 11 is 14.6. The lowest BCUT2D eigenvalue weighted by atomic mass is 10.2. The fourth-order valence-corrected chi connectivity index (χ4v) is 3.39. The summed E-state index contributed by atoms with van der Waals surface area (Å²) in [5.41, 5.74) is 1.02. The number of benzene rings is 1. The first-order valence-electron chi connectivity index (χ1n) is 6.80. The van der Waals surface area contributed by atoms with Crippen LogP contribution in [0.15, 0.2) is 18.2 Å². The van der Waals surface area contributed by atoms with Crippen molar-refractivity contribution in [2.24, 2.45) is 0 Å². The van der Waals surface area contributed by atoms with E-state index in [-0.39, 0.29) is 5.91 Å². The van der Waals surface area contributed by atoms with Crippen molar-refractivity contribution in [3.63, 3.8) is 0 Å². The second-order valence-electron chi connectivity index (χ2n) is 4.43. The molecule has 0 aliphatic rings. The van der Waals surface area contributed by atoms with Gasteiger partial charge in [0.25, 0.3) is 0 Å². The van der Waals surface area contributed by atoms with Gasteiger partial charge in [-0.05, 0) is 24.6 Å². The lowest BCUT2D eigenvalue weighted by molar-refractivity contribution is -0.113. The second kappa shape index (κ2) is 9.44. The molecule has 0 spiro atoms. The Balaban J connectivity index is 1.74. The van der Waals surface area contributed by atoms with Gasteiger partial charge < -0.3 is 4.74 Å². The lowest BCUT2D eigenvalue weighted by Gasteiger charge is -2.03. The number of hydrogen-bond donors (Lipinski definition) is 1. The molecule has 0 saturated carbocycles. The van der Waals surface area contributed by atoms with Crippen LogP contribution in [0.5, 0.6) is 0 Å². The maximum atomic E-state index is 11.9. The SMILES string of the molecule is CCOCc1nnc(NC(=O)CSCc2ccc(Cl)c(Cl)c2)s1. The number of nitrogens with one attached hydrogen (secondary N) is 1. The molecule has 2 aromatic rings. The molecule has 0 fully saturated rings. The first kappa shape index (κ1) is 18.5. The number of amides is 1. The summed E-state index contributed by atoms with van der Waals surface area (Å²) in [6.07, 6.45) is 0. The lowest BCUT2D eigenvalue weighted by Crippen LogP contribution is -2.14. The number of aromatic nitrogens is 2. The zero-order chi connectivity index (χ0) is 16.7. The van der Waals surface area contributed by atoms with Crippen LogP contribution >= 0.6 is 46.3 Å². The van der Waals surface area contributed by atoms with Gasteiger partial charge in [0, 0.05) is 12.4 Å². The summed E-state index contributed by atoms with van der Waals surface area (Å²) in [4.78, 5) is 11.9. The number of halogens is 2.